The monoisotopic (exact) mass is 299 g/mol. The summed E-state index contributed by atoms with van der Waals surface area (Å²) in [6.45, 7) is 2.11. The van der Waals surface area contributed by atoms with Crippen LogP contribution in [0.3, 0.4) is 0 Å². The van der Waals surface area contributed by atoms with E-state index >= 15 is 0 Å². The van der Waals surface area contributed by atoms with Crippen LogP contribution in [0.4, 0.5) is 5.13 Å². The first kappa shape index (κ1) is 13.3. The van der Waals surface area contributed by atoms with Gasteiger partial charge in [-0.15, -0.1) is 12.6 Å². The SMILES string of the molecule is Cc1ccc2c(c1)sc(N=Cc1ccc(S)cc1)[n+]2C. The highest BCUT2D eigenvalue weighted by Gasteiger charge is 2.14. The van der Waals surface area contributed by atoms with Crippen LogP contribution in [-0.2, 0) is 7.05 Å². The molecule has 0 aliphatic carbocycles. The van der Waals surface area contributed by atoms with E-state index in [4.69, 9.17) is 0 Å². The number of aryl methyl sites for hydroxylation is 2. The Bertz CT molecular complexity index is 786. The molecule has 100 valence electrons. The van der Waals surface area contributed by atoms with E-state index in [1.807, 2.05) is 30.5 Å². The van der Waals surface area contributed by atoms with Crippen molar-refractivity contribution in [1.82, 2.24) is 0 Å². The summed E-state index contributed by atoms with van der Waals surface area (Å²) in [6, 6.07) is 14.5. The van der Waals surface area contributed by atoms with Crippen LogP contribution in [0.15, 0.2) is 52.4 Å². The smallest absolute Gasteiger partial charge is 0.216 e. The second-order valence-corrected chi connectivity index (χ2v) is 6.29. The fourth-order valence-electron chi connectivity index (χ4n) is 2.05. The Morgan fingerprint density at radius 3 is 2.65 bits per heavy atom. The first-order chi connectivity index (χ1) is 9.63. The maximum atomic E-state index is 4.60. The second kappa shape index (κ2) is 5.38. The van der Waals surface area contributed by atoms with Crippen LogP contribution in [0, 0.1) is 6.92 Å². The van der Waals surface area contributed by atoms with Gasteiger partial charge < -0.3 is 0 Å². The first-order valence-electron chi connectivity index (χ1n) is 6.36. The molecular formula is C16H15N2S2+. The first-order valence-corrected chi connectivity index (χ1v) is 7.62. The zero-order chi connectivity index (χ0) is 14.1. The van der Waals surface area contributed by atoms with Crippen molar-refractivity contribution in [3.8, 4) is 0 Å². The van der Waals surface area contributed by atoms with Crippen molar-refractivity contribution < 1.29 is 4.57 Å². The minimum atomic E-state index is 0.963. The molecule has 2 aromatic carbocycles. The summed E-state index contributed by atoms with van der Waals surface area (Å²) in [4.78, 5) is 5.57. The highest BCUT2D eigenvalue weighted by atomic mass is 32.1. The minimum absolute atomic E-state index is 0.963. The Morgan fingerprint density at radius 2 is 1.90 bits per heavy atom. The summed E-state index contributed by atoms with van der Waals surface area (Å²) >= 11 is 5.99. The van der Waals surface area contributed by atoms with E-state index in [0.29, 0.717) is 0 Å². The average molecular weight is 299 g/mol. The van der Waals surface area contributed by atoms with E-state index in [1.165, 1.54) is 15.8 Å². The molecule has 0 fully saturated rings. The number of aromatic nitrogens is 1. The summed E-state index contributed by atoms with van der Waals surface area (Å²) < 4.78 is 3.40. The molecule has 3 rings (SSSR count). The highest BCUT2D eigenvalue weighted by molar-refractivity contribution is 7.80. The predicted molar refractivity (Wildman–Crippen MR) is 88.7 cm³/mol. The molecule has 0 saturated carbocycles. The zero-order valence-corrected chi connectivity index (χ0v) is 13.1. The van der Waals surface area contributed by atoms with Crippen LogP contribution in [0.25, 0.3) is 10.2 Å². The van der Waals surface area contributed by atoms with Gasteiger partial charge >= 0.3 is 5.13 Å². The van der Waals surface area contributed by atoms with Gasteiger partial charge in [0.1, 0.15) is 11.7 Å². The van der Waals surface area contributed by atoms with Crippen LogP contribution < -0.4 is 4.57 Å². The van der Waals surface area contributed by atoms with E-state index in [1.54, 1.807) is 11.3 Å². The predicted octanol–water partition coefficient (Wildman–Crippen LogP) is 4.07. The van der Waals surface area contributed by atoms with Gasteiger partial charge in [-0.1, -0.05) is 18.2 Å². The molecule has 0 spiro atoms. The Hall–Kier alpha value is -1.65. The maximum Gasteiger partial charge on any atom is 0.382 e. The number of fused-ring (bicyclic) bond motifs is 1. The number of nitrogens with zero attached hydrogens (tertiary/aromatic N) is 2. The molecule has 0 amide bonds. The van der Waals surface area contributed by atoms with E-state index < -0.39 is 0 Å². The van der Waals surface area contributed by atoms with Gasteiger partial charge in [0.05, 0.1) is 11.7 Å². The number of rotatable bonds is 2. The molecule has 20 heavy (non-hydrogen) atoms. The Labute approximate surface area is 127 Å². The van der Waals surface area contributed by atoms with Gasteiger partial charge in [0.15, 0.2) is 0 Å². The number of aliphatic imine (C=N–C) groups is 1. The number of thiol groups is 1. The zero-order valence-electron chi connectivity index (χ0n) is 11.4. The van der Waals surface area contributed by atoms with Crippen molar-refractivity contribution in [3.05, 3.63) is 53.6 Å². The molecule has 0 atom stereocenters. The molecule has 2 nitrogen and oxygen atoms in total. The highest BCUT2D eigenvalue weighted by Crippen LogP contribution is 2.26. The molecule has 1 aromatic heterocycles. The van der Waals surface area contributed by atoms with Crippen molar-refractivity contribution in [2.75, 3.05) is 0 Å². The molecule has 0 N–H and O–H groups in total. The lowest BCUT2D eigenvalue weighted by Gasteiger charge is -1.91. The third-order valence-electron chi connectivity index (χ3n) is 3.18. The van der Waals surface area contributed by atoms with E-state index in [9.17, 15) is 0 Å². The van der Waals surface area contributed by atoms with Crippen molar-refractivity contribution in [2.24, 2.45) is 12.0 Å². The van der Waals surface area contributed by atoms with Crippen molar-refractivity contribution >= 4 is 45.5 Å². The van der Waals surface area contributed by atoms with Gasteiger partial charge in [0, 0.05) is 10.5 Å². The lowest BCUT2D eigenvalue weighted by molar-refractivity contribution is -0.627. The van der Waals surface area contributed by atoms with E-state index in [-0.39, 0.29) is 0 Å². The summed E-state index contributed by atoms with van der Waals surface area (Å²) in [5.74, 6) is 0. The number of thiazole rings is 1. The average Bonchev–Trinajstić information content (AvgIpc) is 2.74. The molecule has 0 unspecified atom stereocenters. The van der Waals surface area contributed by atoms with Crippen LogP contribution in [0.1, 0.15) is 11.1 Å². The number of hydrogen-bond acceptors (Lipinski definition) is 3. The van der Waals surface area contributed by atoms with Gasteiger partial charge in [-0.25, -0.2) is 4.57 Å². The normalized spacial score (nSPS) is 11.6. The molecule has 3 aromatic rings. The largest absolute Gasteiger partial charge is 0.382 e. The molecular weight excluding hydrogens is 284 g/mol. The molecule has 0 bridgehead atoms. The van der Waals surface area contributed by atoms with E-state index in [0.717, 1.165) is 15.6 Å². The van der Waals surface area contributed by atoms with Crippen molar-refractivity contribution in [2.45, 2.75) is 11.8 Å². The Balaban J connectivity index is 1.98. The summed E-state index contributed by atoms with van der Waals surface area (Å²) in [7, 11) is 2.05. The van der Waals surface area contributed by atoms with Crippen LogP contribution >= 0.6 is 24.0 Å². The lowest BCUT2D eigenvalue weighted by atomic mass is 10.2. The van der Waals surface area contributed by atoms with Gasteiger partial charge in [0.2, 0.25) is 0 Å². The molecule has 0 aliphatic rings. The lowest BCUT2D eigenvalue weighted by Crippen LogP contribution is -2.25. The fourth-order valence-corrected chi connectivity index (χ4v) is 3.29. The summed E-state index contributed by atoms with van der Waals surface area (Å²) in [5.41, 5.74) is 3.58. The Morgan fingerprint density at radius 1 is 1.15 bits per heavy atom. The number of hydrogen-bond donors (Lipinski definition) is 1. The van der Waals surface area contributed by atoms with Crippen molar-refractivity contribution in [1.29, 1.82) is 0 Å². The molecule has 0 aliphatic heterocycles. The van der Waals surface area contributed by atoms with Crippen molar-refractivity contribution in [3.63, 3.8) is 0 Å². The van der Waals surface area contributed by atoms with Gasteiger partial charge in [-0.2, -0.15) is 0 Å². The standard InChI is InChI=1S/C16H14N2S2/c1-11-3-8-14-15(9-11)20-16(18(14)2)17-10-12-4-6-13(19)7-5-12/h3-10H,1-2H3/p+1. The van der Waals surface area contributed by atoms with Gasteiger partial charge in [-0.3, -0.25) is 0 Å². The maximum absolute atomic E-state index is 4.60. The quantitative estimate of drug-likeness (QED) is 0.417. The topological polar surface area (TPSA) is 16.2 Å². The van der Waals surface area contributed by atoms with Crippen LogP contribution in [-0.4, -0.2) is 6.21 Å². The van der Waals surface area contributed by atoms with Crippen LogP contribution in [0.5, 0.6) is 0 Å². The molecule has 1 heterocycles. The van der Waals surface area contributed by atoms with Gasteiger partial charge in [-0.05, 0) is 53.1 Å². The fraction of sp³-hybridized carbons (Fsp3) is 0.125. The third-order valence-corrected chi connectivity index (χ3v) is 4.59. The van der Waals surface area contributed by atoms with Crippen LogP contribution in [0.2, 0.25) is 0 Å². The summed E-state index contributed by atoms with van der Waals surface area (Å²) in [5, 5.41) is 1.00. The van der Waals surface area contributed by atoms with Gasteiger partial charge in [0.25, 0.3) is 0 Å². The molecule has 4 heteroatoms. The second-order valence-electron chi connectivity index (χ2n) is 4.76. The summed E-state index contributed by atoms with van der Waals surface area (Å²) in [6.07, 6.45) is 1.89. The number of benzene rings is 2. The molecule has 0 radical (unpaired) electrons. The Kier molecular flexibility index (Phi) is 3.59. The molecule has 0 saturated heterocycles. The third kappa shape index (κ3) is 2.62. The minimum Gasteiger partial charge on any atom is -0.216 e. The van der Waals surface area contributed by atoms with E-state index in [2.05, 4.69) is 54.4 Å².